The Bertz CT molecular complexity index is 868. The van der Waals surface area contributed by atoms with Crippen molar-refractivity contribution in [3.63, 3.8) is 0 Å². The molecule has 4 nitrogen and oxygen atoms in total. The van der Waals surface area contributed by atoms with Gasteiger partial charge in [-0.2, -0.15) is 0 Å². The van der Waals surface area contributed by atoms with Gasteiger partial charge in [-0.1, -0.05) is 25.1 Å². The van der Waals surface area contributed by atoms with Crippen molar-refractivity contribution in [1.29, 1.82) is 0 Å². The molecule has 0 fully saturated rings. The maximum Gasteiger partial charge on any atom is 0.258 e. The van der Waals surface area contributed by atoms with E-state index < -0.39 is 0 Å². The molecule has 2 aromatic heterocycles. The van der Waals surface area contributed by atoms with Crippen LogP contribution in [0.1, 0.15) is 23.7 Å². The van der Waals surface area contributed by atoms with E-state index in [2.05, 4.69) is 29.4 Å². The van der Waals surface area contributed by atoms with E-state index in [-0.39, 0.29) is 5.56 Å². The Hall–Kier alpha value is -2.62. The number of pyridine rings is 1. The number of aryl methyl sites for hydroxylation is 2. The summed E-state index contributed by atoms with van der Waals surface area (Å²) in [5.41, 5.74) is 4.75. The highest BCUT2D eigenvalue weighted by molar-refractivity contribution is 5.46. The fraction of sp³-hybridized carbons (Fsp3) is 0.222. The van der Waals surface area contributed by atoms with Gasteiger partial charge in [0.05, 0.1) is 12.2 Å². The van der Waals surface area contributed by atoms with E-state index in [9.17, 15) is 4.79 Å². The van der Waals surface area contributed by atoms with Crippen LogP contribution in [0.15, 0.2) is 53.5 Å². The molecule has 0 bridgehead atoms. The number of hydrogen-bond donors (Lipinski definition) is 1. The van der Waals surface area contributed by atoms with Gasteiger partial charge in [-0.05, 0) is 42.7 Å². The van der Waals surface area contributed by atoms with Gasteiger partial charge in [-0.3, -0.25) is 9.20 Å². The molecule has 0 aliphatic carbocycles. The summed E-state index contributed by atoms with van der Waals surface area (Å²) in [7, 11) is 0. The van der Waals surface area contributed by atoms with Crippen molar-refractivity contribution in [2.24, 2.45) is 0 Å². The quantitative estimate of drug-likeness (QED) is 0.803. The van der Waals surface area contributed by atoms with Gasteiger partial charge in [0, 0.05) is 18.0 Å². The van der Waals surface area contributed by atoms with Gasteiger partial charge in [0.1, 0.15) is 5.65 Å². The van der Waals surface area contributed by atoms with E-state index >= 15 is 0 Å². The van der Waals surface area contributed by atoms with Crippen molar-refractivity contribution in [2.45, 2.75) is 26.8 Å². The molecule has 0 spiro atoms. The fourth-order valence-electron chi connectivity index (χ4n) is 2.44. The first-order valence-corrected chi connectivity index (χ1v) is 7.47. The lowest BCUT2D eigenvalue weighted by atomic mass is 10.1. The molecule has 0 atom stereocenters. The van der Waals surface area contributed by atoms with Crippen LogP contribution < -0.4 is 10.9 Å². The minimum Gasteiger partial charge on any atom is -0.379 e. The molecule has 0 aliphatic heterocycles. The minimum absolute atomic E-state index is 0.0483. The summed E-state index contributed by atoms with van der Waals surface area (Å²) in [6.45, 7) is 4.63. The first kappa shape index (κ1) is 14.3. The second kappa shape index (κ2) is 6.02. The van der Waals surface area contributed by atoms with E-state index in [1.165, 1.54) is 5.56 Å². The van der Waals surface area contributed by atoms with Crippen LogP contribution in [0.3, 0.4) is 0 Å². The maximum atomic E-state index is 12.2. The molecule has 0 radical (unpaired) electrons. The highest BCUT2D eigenvalue weighted by atomic mass is 16.1. The third-order valence-corrected chi connectivity index (χ3v) is 3.67. The summed E-state index contributed by atoms with van der Waals surface area (Å²) in [5, 5.41) is 3.33. The van der Waals surface area contributed by atoms with Crippen LogP contribution in [-0.4, -0.2) is 9.38 Å². The first-order valence-electron chi connectivity index (χ1n) is 7.47. The van der Waals surface area contributed by atoms with Crippen LogP contribution in [0.4, 0.5) is 5.69 Å². The Morgan fingerprint density at radius 3 is 2.86 bits per heavy atom. The third-order valence-electron chi connectivity index (χ3n) is 3.67. The van der Waals surface area contributed by atoms with Gasteiger partial charge >= 0.3 is 0 Å². The van der Waals surface area contributed by atoms with Gasteiger partial charge in [0.2, 0.25) is 0 Å². The number of aromatic nitrogens is 2. The molecule has 0 saturated carbocycles. The van der Waals surface area contributed by atoms with Crippen molar-refractivity contribution in [1.82, 2.24) is 9.38 Å². The van der Waals surface area contributed by atoms with Gasteiger partial charge in [-0.15, -0.1) is 0 Å². The number of anilines is 1. The van der Waals surface area contributed by atoms with E-state index in [1.54, 1.807) is 10.5 Å². The van der Waals surface area contributed by atoms with Gasteiger partial charge < -0.3 is 5.32 Å². The maximum absolute atomic E-state index is 12.2. The predicted molar refractivity (Wildman–Crippen MR) is 89.3 cm³/mol. The smallest absolute Gasteiger partial charge is 0.258 e. The summed E-state index contributed by atoms with van der Waals surface area (Å²) < 4.78 is 1.58. The first-order chi connectivity index (χ1) is 10.7. The van der Waals surface area contributed by atoms with Crippen LogP contribution in [-0.2, 0) is 13.0 Å². The second-order valence-corrected chi connectivity index (χ2v) is 5.43. The third kappa shape index (κ3) is 3.01. The number of hydrogen-bond acceptors (Lipinski definition) is 3. The van der Waals surface area contributed by atoms with E-state index in [4.69, 9.17) is 0 Å². The molecule has 22 heavy (non-hydrogen) atoms. The molecule has 0 amide bonds. The average Bonchev–Trinajstić information content (AvgIpc) is 2.54. The summed E-state index contributed by atoms with van der Waals surface area (Å²) in [6, 6.07) is 13.7. The van der Waals surface area contributed by atoms with Crippen molar-refractivity contribution in [2.75, 3.05) is 5.32 Å². The number of rotatable bonds is 4. The summed E-state index contributed by atoms with van der Waals surface area (Å²) in [5.74, 6) is 0. The summed E-state index contributed by atoms with van der Waals surface area (Å²) in [4.78, 5) is 16.7. The van der Waals surface area contributed by atoms with Gasteiger partial charge in [0.15, 0.2) is 0 Å². The largest absolute Gasteiger partial charge is 0.379 e. The van der Waals surface area contributed by atoms with Crippen LogP contribution in [0.5, 0.6) is 0 Å². The molecule has 3 aromatic rings. The zero-order valence-electron chi connectivity index (χ0n) is 12.8. The Morgan fingerprint density at radius 2 is 2.05 bits per heavy atom. The molecule has 1 N–H and O–H groups in total. The highest BCUT2D eigenvalue weighted by Gasteiger charge is 2.03. The molecular weight excluding hydrogens is 274 g/mol. The predicted octanol–water partition coefficient (Wildman–Crippen LogP) is 3.18. The van der Waals surface area contributed by atoms with Crippen molar-refractivity contribution in [3.8, 4) is 0 Å². The number of nitrogens with one attached hydrogen (secondary N) is 1. The molecule has 0 unspecified atom stereocenters. The Morgan fingerprint density at radius 1 is 1.18 bits per heavy atom. The fourth-order valence-corrected chi connectivity index (χ4v) is 2.44. The summed E-state index contributed by atoms with van der Waals surface area (Å²) >= 11 is 0. The van der Waals surface area contributed by atoms with Crippen molar-refractivity contribution < 1.29 is 0 Å². The molecule has 112 valence electrons. The lowest BCUT2D eigenvalue weighted by Gasteiger charge is -2.08. The molecule has 0 aliphatic rings. The number of fused-ring (bicyclic) bond motifs is 1. The van der Waals surface area contributed by atoms with Crippen molar-refractivity contribution in [3.05, 3.63) is 75.8 Å². The Kier molecular flexibility index (Phi) is 3.92. The second-order valence-electron chi connectivity index (χ2n) is 5.43. The van der Waals surface area contributed by atoms with E-state index in [0.29, 0.717) is 12.2 Å². The Balaban J connectivity index is 1.85. The monoisotopic (exact) mass is 293 g/mol. The van der Waals surface area contributed by atoms with Gasteiger partial charge in [-0.25, -0.2) is 4.98 Å². The van der Waals surface area contributed by atoms with Crippen LogP contribution >= 0.6 is 0 Å². The number of benzene rings is 1. The van der Waals surface area contributed by atoms with Crippen LogP contribution in [0.2, 0.25) is 0 Å². The number of nitrogens with zero attached hydrogens (tertiary/aromatic N) is 2. The molecule has 1 aromatic carbocycles. The molecule has 0 saturated heterocycles. The molecule has 2 heterocycles. The average molecular weight is 293 g/mol. The van der Waals surface area contributed by atoms with E-state index in [0.717, 1.165) is 23.4 Å². The lowest BCUT2D eigenvalue weighted by molar-refractivity contribution is 0.965. The van der Waals surface area contributed by atoms with Crippen LogP contribution in [0, 0.1) is 6.92 Å². The topological polar surface area (TPSA) is 46.4 Å². The molecule has 3 rings (SSSR count). The normalized spacial score (nSPS) is 10.8. The van der Waals surface area contributed by atoms with Crippen molar-refractivity contribution >= 4 is 11.3 Å². The standard InChI is InChI=1S/C18H19N3O/c1-3-14-5-4-6-15(9-14)19-11-16-10-18(22)21-12-13(2)7-8-17(21)20-16/h4-10,12,19H,3,11H2,1-2H3. The molecule has 4 heteroatoms. The Labute approximate surface area is 129 Å². The van der Waals surface area contributed by atoms with Gasteiger partial charge in [0.25, 0.3) is 5.56 Å². The summed E-state index contributed by atoms with van der Waals surface area (Å²) in [6.07, 6.45) is 2.82. The lowest BCUT2D eigenvalue weighted by Crippen LogP contribution is -2.17. The zero-order chi connectivity index (χ0) is 15.5. The molecular formula is C18H19N3O. The minimum atomic E-state index is -0.0483. The zero-order valence-corrected chi connectivity index (χ0v) is 12.8. The van der Waals surface area contributed by atoms with Crippen LogP contribution in [0.25, 0.3) is 5.65 Å². The highest BCUT2D eigenvalue weighted by Crippen LogP contribution is 2.12. The van der Waals surface area contributed by atoms with E-state index in [1.807, 2.05) is 37.4 Å². The SMILES string of the molecule is CCc1cccc(NCc2cc(=O)n3cc(C)ccc3n2)c1.